The summed E-state index contributed by atoms with van der Waals surface area (Å²) in [6, 6.07) is 0. The Kier molecular flexibility index (Phi) is 2.65. The van der Waals surface area contributed by atoms with Crippen LogP contribution in [0.25, 0.3) is 0 Å². The molecule has 1 atom stereocenters. The van der Waals surface area contributed by atoms with Crippen molar-refractivity contribution in [1.29, 1.82) is 0 Å². The second-order valence-electron chi connectivity index (χ2n) is 3.15. The minimum absolute atomic E-state index is 0.0972. The largest absolute Gasteiger partial charge is 0.394 e. The Morgan fingerprint density at radius 3 is 3.00 bits per heavy atom. The molecule has 0 amide bonds. The first-order valence-corrected chi connectivity index (χ1v) is 3.87. The van der Waals surface area contributed by atoms with Crippen molar-refractivity contribution in [2.24, 2.45) is 5.73 Å². The number of nitrogens with one attached hydrogen (secondary N) is 1. The van der Waals surface area contributed by atoms with Crippen LogP contribution >= 0.6 is 0 Å². The maximum Gasteiger partial charge on any atom is 0.0623 e. The quantitative estimate of drug-likeness (QED) is 0.463. The fourth-order valence-electron chi connectivity index (χ4n) is 1.29. The molecular weight excluding hydrogens is 128 g/mol. The van der Waals surface area contributed by atoms with Crippen LogP contribution in [0.15, 0.2) is 0 Å². The monoisotopic (exact) mass is 144 g/mol. The van der Waals surface area contributed by atoms with Crippen molar-refractivity contribution in [3.8, 4) is 0 Å². The lowest BCUT2D eigenvalue weighted by molar-refractivity contribution is 0.188. The van der Waals surface area contributed by atoms with Gasteiger partial charge in [-0.1, -0.05) is 6.42 Å². The standard InChI is InChI=1S/C7H16N2O/c8-7(6-10)3-1-2-4-9-5-7/h9-10H,1-6,8H2. The molecule has 1 aliphatic rings. The molecule has 1 unspecified atom stereocenters. The van der Waals surface area contributed by atoms with Crippen LogP contribution < -0.4 is 11.1 Å². The Labute approximate surface area is 61.6 Å². The Bertz CT molecular complexity index is 97.8. The van der Waals surface area contributed by atoms with Crippen LogP contribution in [-0.2, 0) is 0 Å². The number of aliphatic hydroxyl groups is 1. The van der Waals surface area contributed by atoms with Gasteiger partial charge < -0.3 is 16.2 Å². The van der Waals surface area contributed by atoms with Crippen molar-refractivity contribution in [3.63, 3.8) is 0 Å². The number of rotatable bonds is 1. The molecule has 0 bridgehead atoms. The second-order valence-corrected chi connectivity index (χ2v) is 3.15. The molecule has 1 aliphatic heterocycles. The third-order valence-corrected chi connectivity index (χ3v) is 2.07. The van der Waals surface area contributed by atoms with E-state index in [-0.39, 0.29) is 12.1 Å². The van der Waals surface area contributed by atoms with Crippen molar-refractivity contribution < 1.29 is 5.11 Å². The average molecular weight is 144 g/mol. The molecule has 0 aliphatic carbocycles. The highest BCUT2D eigenvalue weighted by molar-refractivity contribution is 4.87. The lowest BCUT2D eigenvalue weighted by atomic mass is 9.96. The van der Waals surface area contributed by atoms with E-state index in [0.717, 1.165) is 25.9 Å². The summed E-state index contributed by atoms with van der Waals surface area (Å²) >= 11 is 0. The topological polar surface area (TPSA) is 58.3 Å². The molecule has 1 fully saturated rings. The molecule has 0 aromatic carbocycles. The van der Waals surface area contributed by atoms with Gasteiger partial charge in [0.25, 0.3) is 0 Å². The lowest BCUT2D eigenvalue weighted by Crippen LogP contribution is -2.50. The highest BCUT2D eigenvalue weighted by atomic mass is 16.3. The van der Waals surface area contributed by atoms with E-state index < -0.39 is 0 Å². The van der Waals surface area contributed by atoms with Gasteiger partial charge in [0.05, 0.1) is 12.1 Å². The first-order chi connectivity index (χ1) is 4.77. The third kappa shape index (κ3) is 1.94. The van der Waals surface area contributed by atoms with Gasteiger partial charge in [-0.15, -0.1) is 0 Å². The average Bonchev–Trinajstić information content (AvgIpc) is 2.15. The zero-order valence-electron chi connectivity index (χ0n) is 6.27. The van der Waals surface area contributed by atoms with E-state index >= 15 is 0 Å². The minimum Gasteiger partial charge on any atom is -0.394 e. The summed E-state index contributed by atoms with van der Waals surface area (Å²) in [5.41, 5.74) is 5.50. The highest BCUT2D eigenvalue weighted by Crippen LogP contribution is 2.12. The molecule has 3 heteroatoms. The molecule has 60 valence electrons. The maximum atomic E-state index is 8.91. The van der Waals surface area contributed by atoms with Gasteiger partial charge in [-0.05, 0) is 19.4 Å². The number of nitrogens with two attached hydrogens (primary N) is 1. The van der Waals surface area contributed by atoms with Crippen LogP contribution in [0, 0.1) is 0 Å². The fraction of sp³-hybridized carbons (Fsp3) is 1.00. The van der Waals surface area contributed by atoms with Crippen LogP contribution in [-0.4, -0.2) is 30.3 Å². The predicted octanol–water partition coefficient (Wildman–Crippen LogP) is -0.550. The van der Waals surface area contributed by atoms with Crippen LogP contribution in [0.3, 0.4) is 0 Å². The Balaban J connectivity index is 2.41. The van der Waals surface area contributed by atoms with Gasteiger partial charge in [0.15, 0.2) is 0 Å². The van der Waals surface area contributed by atoms with E-state index in [2.05, 4.69) is 5.32 Å². The second kappa shape index (κ2) is 3.32. The summed E-state index contributed by atoms with van der Waals surface area (Å²) < 4.78 is 0. The van der Waals surface area contributed by atoms with E-state index in [1.807, 2.05) is 0 Å². The highest BCUT2D eigenvalue weighted by Gasteiger charge is 2.24. The molecular formula is C7H16N2O. The van der Waals surface area contributed by atoms with Gasteiger partial charge in [0, 0.05) is 6.54 Å². The van der Waals surface area contributed by atoms with Crippen LogP contribution in [0.1, 0.15) is 19.3 Å². The van der Waals surface area contributed by atoms with Crippen molar-refractivity contribution in [2.75, 3.05) is 19.7 Å². The van der Waals surface area contributed by atoms with Gasteiger partial charge in [0.1, 0.15) is 0 Å². The maximum absolute atomic E-state index is 8.91. The Hall–Kier alpha value is -0.120. The molecule has 1 rings (SSSR count). The number of hydrogen-bond donors (Lipinski definition) is 3. The molecule has 0 radical (unpaired) electrons. The molecule has 3 nitrogen and oxygen atoms in total. The van der Waals surface area contributed by atoms with Crippen LogP contribution in [0.5, 0.6) is 0 Å². The summed E-state index contributed by atoms with van der Waals surface area (Å²) in [6.45, 7) is 1.89. The van der Waals surface area contributed by atoms with Gasteiger partial charge in [-0.3, -0.25) is 0 Å². The van der Waals surface area contributed by atoms with Gasteiger partial charge in [0.2, 0.25) is 0 Å². The van der Waals surface area contributed by atoms with Gasteiger partial charge >= 0.3 is 0 Å². The smallest absolute Gasteiger partial charge is 0.0623 e. The molecule has 1 saturated heterocycles. The van der Waals surface area contributed by atoms with Crippen molar-refractivity contribution in [3.05, 3.63) is 0 Å². The summed E-state index contributed by atoms with van der Waals surface area (Å²) in [5, 5.41) is 12.1. The first-order valence-electron chi connectivity index (χ1n) is 3.87. The Morgan fingerprint density at radius 2 is 2.30 bits per heavy atom. The van der Waals surface area contributed by atoms with E-state index in [9.17, 15) is 0 Å². The fourth-order valence-corrected chi connectivity index (χ4v) is 1.29. The lowest BCUT2D eigenvalue weighted by Gasteiger charge is -2.24. The minimum atomic E-state index is -0.351. The van der Waals surface area contributed by atoms with Gasteiger partial charge in [-0.25, -0.2) is 0 Å². The molecule has 0 spiro atoms. The molecule has 1 heterocycles. The van der Waals surface area contributed by atoms with Crippen molar-refractivity contribution in [2.45, 2.75) is 24.8 Å². The molecule has 0 saturated carbocycles. The predicted molar refractivity (Wildman–Crippen MR) is 40.7 cm³/mol. The summed E-state index contributed by atoms with van der Waals surface area (Å²) in [5.74, 6) is 0. The third-order valence-electron chi connectivity index (χ3n) is 2.07. The van der Waals surface area contributed by atoms with Crippen molar-refractivity contribution in [1.82, 2.24) is 5.32 Å². The van der Waals surface area contributed by atoms with E-state index in [4.69, 9.17) is 10.8 Å². The molecule has 0 aromatic rings. The number of aliphatic hydroxyl groups excluding tert-OH is 1. The van der Waals surface area contributed by atoms with Crippen molar-refractivity contribution >= 4 is 0 Å². The van der Waals surface area contributed by atoms with Gasteiger partial charge in [-0.2, -0.15) is 0 Å². The number of hydrogen-bond acceptors (Lipinski definition) is 3. The zero-order chi connectivity index (χ0) is 7.45. The summed E-state index contributed by atoms with van der Waals surface area (Å²) in [6.07, 6.45) is 3.25. The van der Waals surface area contributed by atoms with Crippen LogP contribution in [0.2, 0.25) is 0 Å². The van der Waals surface area contributed by atoms with E-state index in [1.54, 1.807) is 0 Å². The summed E-state index contributed by atoms with van der Waals surface area (Å²) in [7, 11) is 0. The SMILES string of the molecule is NC1(CO)CCCCNC1. The molecule has 10 heavy (non-hydrogen) atoms. The molecule has 0 aromatic heterocycles. The van der Waals surface area contributed by atoms with E-state index in [0.29, 0.717) is 0 Å². The van der Waals surface area contributed by atoms with E-state index in [1.165, 1.54) is 6.42 Å². The Morgan fingerprint density at radius 1 is 1.50 bits per heavy atom. The van der Waals surface area contributed by atoms with Crippen LogP contribution in [0.4, 0.5) is 0 Å². The zero-order valence-corrected chi connectivity index (χ0v) is 6.27. The molecule has 4 N–H and O–H groups in total. The normalized spacial score (nSPS) is 35.4. The summed E-state index contributed by atoms with van der Waals surface area (Å²) in [4.78, 5) is 0. The first kappa shape index (κ1) is 7.98.